The molecule has 0 aliphatic carbocycles. The van der Waals surface area contributed by atoms with Gasteiger partial charge in [-0.05, 0) is 24.5 Å². The van der Waals surface area contributed by atoms with E-state index in [0.29, 0.717) is 12.3 Å². The summed E-state index contributed by atoms with van der Waals surface area (Å²) < 4.78 is 23.6. The largest absolute Gasteiger partial charge is 0.477 e. The molecular weight excluding hydrogens is 254 g/mol. The molecule has 0 fully saturated rings. The van der Waals surface area contributed by atoms with Gasteiger partial charge >= 0.3 is 5.97 Å². The molecule has 0 aliphatic rings. The molecule has 0 saturated carbocycles. The minimum absolute atomic E-state index is 0.101. The molecule has 1 N–H and O–H groups in total. The molecule has 5 nitrogen and oxygen atoms in total. The van der Waals surface area contributed by atoms with Crippen molar-refractivity contribution < 1.29 is 18.3 Å². The van der Waals surface area contributed by atoms with Crippen molar-refractivity contribution in [3.63, 3.8) is 0 Å². The highest BCUT2D eigenvalue weighted by Gasteiger charge is 2.15. The Kier molecular flexibility index (Phi) is 4.84. The molecule has 0 atom stereocenters. The van der Waals surface area contributed by atoms with Gasteiger partial charge in [0.05, 0.1) is 17.2 Å². The van der Waals surface area contributed by atoms with Crippen LogP contribution in [0.5, 0.6) is 0 Å². The summed E-state index contributed by atoms with van der Waals surface area (Å²) in [7, 11) is -3.23. The Morgan fingerprint density at radius 2 is 2.06 bits per heavy atom. The maximum Gasteiger partial charge on any atom is 0.354 e. The highest BCUT2D eigenvalue weighted by molar-refractivity contribution is 7.90. The van der Waals surface area contributed by atoms with Crippen molar-refractivity contribution in [3.8, 4) is 0 Å². The Hall–Kier alpha value is -1.43. The summed E-state index contributed by atoms with van der Waals surface area (Å²) in [5, 5.41) is 8.77. The predicted molar refractivity (Wildman–Crippen MR) is 68.1 cm³/mol. The van der Waals surface area contributed by atoms with Gasteiger partial charge in [-0.2, -0.15) is 0 Å². The third-order valence-corrected chi connectivity index (χ3v) is 3.99. The summed E-state index contributed by atoms with van der Waals surface area (Å²) in [6.07, 6.45) is 0.598. The first-order chi connectivity index (χ1) is 8.30. The number of aromatic nitrogens is 1. The smallest absolute Gasteiger partial charge is 0.354 e. The monoisotopic (exact) mass is 271 g/mol. The van der Waals surface area contributed by atoms with Gasteiger partial charge in [0.1, 0.15) is 5.69 Å². The van der Waals surface area contributed by atoms with Gasteiger partial charge in [0.25, 0.3) is 0 Å². The van der Waals surface area contributed by atoms with E-state index in [0.717, 1.165) is 0 Å². The summed E-state index contributed by atoms with van der Waals surface area (Å²) in [4.78, 5) is 14.5. The second kappa shape index (κ2) is 5.95. The van der Waals surface area contributed by atoms with Gasteiger partial charge in [0.15, 0.2) is 9.84 Å². The number of sulfone groups is 1. The number of carbonyl (C=O) groups is 1. The second-order valence-electron chi connectivity index (χ2n) is 4.59. The summed E-state index contributed by atoms with van der Waals surface area (Å²) in [5.74, 6) is -0.945. The molecule has 1 aromatic rings. The Balaban J connectivity index is 2.78. The molecule has 0 spiro atoms. The topological polar surface area (TPSA) is 84.3 Å². The lowest BCUT2D eigenvalue weighted by Gasteiger charge is -2.06. The minimum atomic E-state index is -3.23. The standard InChI is InChI=1S/C12H17NO4S/c1-9(2)6-7-18(16,17)8-10-4-3-5-11(13-10)12(14)15/h3-5,9H,6-8H2,1-2H3,(H,14,15). The van der Waals surface area contributed by atoms with Gasteiger partial charge in [-0.3, -0.25) is 0 Å². The molecule has 100 valence electrons. The lowest BCUT2D eigenvalue weighted by atomic mass is 10.2. The Morgan fingerprint density at radius 3 is 2.61 bits per heavy atom. The van der Waals surface area contributed by atoms with Crippen LogP contribution in [-0.2, 0) is 15.6 Å². The van der Waals surface area contributed by atoms with Gasteiger partial charge in [-0.1, -0.05) is 19.9 Å². The predicted octanol–water partition coefficient (Wildman–Crippen LogP) is 1.74. The Morgan fingerprint density at radius 1 is 1.39 bits per heavy atom. The van der Waals surface area contributed by atoms with E-state index < -0.39 is 15.8 Å². The van der Waals surface area contributed by atoms with Gasteiger partial charge in [-0.25, -0.2) is 18.2 Å². The van der Waals surface area contributed by atoms with Crippen LogP contribution in [0.25, 0.3) is 0 Å². The van der Waals surface area contributed by atoms with Crippen molar-refractivity contribution in [1.29, 1.82) is 0 Å². The third kappa shape index (κ3) is 4.83. The fourth-order valence-electron chi connectivity index (χ4n) is 1.39. The molecule has 18 heavy (non-hydrogen) atoms. The number of hydrogen-bond acceptors (Lipinski definition) is 4. The first-order valence-corrected chi connectivity index (χ1v) is 7.52. The zero-order chi connectivity index (χ0) is 13.8. The van der Waals surface area contributed by atoms with E-state index in [-0.39, 0.29) is 22.9 Å². The molecule has 0 radical (unpaired) electrons. The van der Waals surface area contributed by atoms with E-state index in [2.05, 4.69) is 4.98 Å². The van der Waals surface area contributed by atoms with Crippen LogP contribution in [0, 0.1) is 5.92 Å². The summed E-state index contributed by atoms with van der Waals surface area (Å²) >= 11 is 0. The van der Waals surface area contributed by atoms with Crippen molar-refractivity contribution in [2.45, 2.75) is 26.0 Å². The average Bonchev–Trinajstić information content (AvgIpc) is 2.26. The molecule has 0 bridgehead atoms. The van der Waals surface area contributed by atoms with Crippen molar-refractivity contribution in [2.75, 3.05) is 5.75 Å². The van der Waals surface area contributed by atoms with E-state index in [1.165, 1.54) is 18.2 Å². The maximum atomic E-state index is 11.8. The maximum absolute atomic E-state index is 11.8. The number of hydrogen-bond donors (Lipinski definition) is 1. The summed E-state index contributed by atoms with van der Waals surface area (Å²) in [6, 6.07) is 4.37. The van der Waals surface area contributed by atoms with Crippen LogP contribution in [0.15, 0.2) is 18.2 Å². The van der Waals surface area contributed by atoms with Crippen LogP contribution in [0.2, 0.25) is 0 Å². The van der Waals surface area contributed by atoms with E-state index in [1.54, 1.807) is 0 Å². The average molecular weight is 271 g/mol. The van der Waals surface area contributed by atoms with E-state index in [4.69, 9.17) is 5.11 Å². The number of rotatable bonds is 6. The quantitative estimate of drug-likeness (QED) is 0.852. The normalized spacial score (nSPS) is 11.7. The van der Waals surface area contributed by atoms with E-state index >= 15 is 0 Å². The fourth-order valence-corrected chi connectivity index (χ4v) is 2.98. The van der Waals surface area contributed by atoms with Gasteiger partial charge in [0, 0.05) is 0 Å². The van der Waals surface area contributed by atoms with Gasteiger partial charge < -0.3 is 5.11 Å². The number of nitrogens with zero attached hydrogens (tertiary/aromatic N) is 1. The molecular formula is C12H17NO4S. The Bertz CT molecular complexity index is 523. The zero-order valence-electron chi connectivity index (χ0n) is 10.5. The molecule has 1 aromatic heterocycles. The van der Waals surface area contributed by atoms with E-state index in [9.17, 15) is 13.2 Å². The molecule has 1 rings (SSSR count). The molecule has 0 aliphatic heterocycles. The van der Waals surface area contributed by atoms with Crippen molar-refractivity contribution >= 4 is 15.8 Å². The first kappa shape index (κ1) is 14.6. The zero-order valence-corrected chi connectivity index (χ0v) is 11.3. The molecule has 6 heteroatoms. The number of aromatic carboxylic acids is 1. The van der Waals surface area contributed by atoms with Crippen LogP contribution in [0.3, 0.4) is 0 Å². The van der Waals surface area contributed by atoms with Crippen molar-refractivity contribution in [1.82, 2.24) is 4.98 Å². The number of carboxylic acid groups (broad SMARTS) is 1. The molecule has 1 heterocycles. The molecule has 0 aromatic carbocycles. The highest BCUT2D eigenvalue weighted by atomic mass is 32.2. The molecule has 0 unspecified atom stereocenters. The highest BCUT2D eigenvalue weighted by Crippen LogP contribution is 2.09. The van der Waals surface area contributed by atoms with E-state index in [1.807, 2.05) is 13.8 Å². The molecule has 0 amide bonds. The van der Waals surface area contributed by atoms with Crippen LogP contribution in [-0.4, -0.2) is 30.2 Å². The van der Waals surface area contributed by atoms with Crippen LogP contribution in [0.1, 0.15) is 36.5 Å². The second-order valence-corrected chi connectivity index (χ2v) is 6.78. The number of carboxylic acids is 1. The van der Waals surface area contributed by atoms with Crippen LogP contribution < -0.4 is 0 Å². The number of pyridine rings is 1. The fraction of sp³-hybridized carbons (Fsp3) is 0.500. The van der Waals surface area contributed by atoms with Crippen LogP contribution >= 0.6 is 0 Å². The molecule has 0 saturated heterocycles. The van der Waals surface area contributed by atoms with Crippen molar-refractivity contribution in [2.24, 2.45) is 5.92 Å². The summed E-state index contributed by atoms with van der Waals surface area (Å²) in [6.45, 7) is 3.91. The van der Waals surface area contributed by atoms with Crippen molar-refractivity contribution in [3.05, 3.63) is 29.6 Å². The SMILES string of the molecule is CC(C)CCS(=O)(=O)Cc1cccc(C(=O)O)n1. The third-order valence-electron chi connectivity index (χ3n) is 2.40. The first-order valence-electron chi connectivity index (χ1n) is 5.70. The van der Waals surface area contributed by atoms with Gasteiger partial charge in [-0.15, -0.1) is 0 Å². The van der Waals surface area contributed by atoms with Crippen LogP contribution in [0.4, 0.5) is 0 Å². The lowest BCUT2D eigenvalue weighted by Crippen LogP contribution is -2.13. The minimum Gasteiger partial charge on any atom is -0.477 e. The summed E-state index contributed by atoms with van der Waals surface area (Å²) in [5.41, 5.74) is 0.144. The van der Waals surface area contributed by atoms with Gasteiger partial charge in [0.2, 0.25) is 0 Å². The Labute approximate surface area is 107 Å². The lowest BCUT2D eigenvalue weighted by molar-refractivity contribution is 0.0690.